The summed E-state index contributed by atoms with van der Waals surface area (Å²) < 4.78 is 28.1. The van der Waals surface area contributed by atoms with Crippen LogP contribution in [0, 0.1) is 5.92 Å². The minimum absolute atomic E-state index is 0.298. The maximum Gasteiger partial charge on any atom is 0.245 e. The Balaban J connectivity index is 1.64. The van der Waals surface area contributed by atoms with Crippen molar-refractivity contribution < 1.29 is 8.42 Å². The molecule has 140 valence electrons. The van der Waals surface area contributed by atoms with Crippen molar-refractivity contribution in [2.45, 2.75) is 38.0 Å². The number of benzene rings is 1. The molecule has 1 saturated heterocycles. The van der Waals surface area contributed by atoms with E-state index < -0.39 is 14.8 Å². The van der Waals surface area contributed by atoms with Crippen molar-refractivity contribution in [3.63, 3.8) is 0 Å². The maximum atomic E-state index is 13.6. The van der Waals surface area contributed by atoms with Gasteiger partial charge in [0, 0.05) is 31.1 Å². The summed E-state index contributed by atoms with van der Waals surface area (Å²) >= 11 is 1.77. The number of thiophene rings is 1. The number of nitrogens with zero attached hydrogens (tertiary/aromatic N) is 2. The van der Waals surface area contributed by atoms with Crippen molar-refractivity contribution in [2.24, 2.45) is 5.92 Å². The third-order valence-corrected chi connectivity index (χ3v) is 9.00. The van der Waals surface area contributed by atoms with Crippen molar-refractivity contribution in [3.05, 3.63) is 52.2 Å². The van der Waals surface area contributed by atoms with Gasteiger partial charge in [0.1, 0.15) is 4.75 Å². The van der Waals surface area contributed by atoms with Crippen molar-refractivity contribution in [3.8, 4) is 0 Å². The molecule has 1 aromatic heterocycles. The molecule has 26 heavy (non-hydrogen) atoms. The van der Waals surface area contributed by atoms with E-state index in [0.29, 0.717) is 25.3 Å². The second-order valence-corrected chi connectivity index (χ2v) is 11.0. The highest BCUT2D eigenvalue weighted by Gasteiger charge is 2.56. The van der Waals surface area contributed by atoms with Crippen LogP contribution in [0.2, 0.25) is 0 Å². The number of piperidine rings is 1. The van der Waals surface area contributed by atoms with E-state index in [1.807, 2.05) is 24.3 Å². The summed E-state index contributed by atoms with van der Waals surface area (Å²) in [6.07, 6.45) is 1.35. The molecule has 1 spiro atoms. The molecule has 2 aromatic rings. The molecular weight excluding hydrogens is 364 g/mol. The molecule has 0 radical (unpaired) electrons. The summed E-state index contributed by atoms with van der Waals surface area (Å²) in [6, 6.07) is 12.2. The van der Waals surface area contributed by atoms with E-state index in [-0.39, 0.29) is 0 Å². The number of hydrogen-bond acceptors (Lipinski definition) is 4. The van der Waals surface area contributed by atoms with Crippen LogP contribution in [0.3, 0.4) is 0 Å². The van der Waals surface area contributed by atoms with Gasteiger partial charge in [0.05, 0.1) is 5.69 Å². The zero-order chi connectivity index (χ0) is 18.4. The normalized spacial score (nSPS) is 21.4. The van der Waals surface area contributed by atoms with Crippen LogP contribution in [-0.2, 0) is 21.3 Å². The van der Waals surface area contributed by atoms with Gasteiger partial charge in [-0.25, -0.2) is 8.42 Å². The largest absolute Gasteiger partial charge is 0.298 e. The minimum atomic E-state index is -3.38. The van der Waals surface area contributed by atoms with Gasteiger partial charge in [-0.3, -0.25) is 9.21 Å². The number of para-hydroxylation sites is 1. The summed E-state index contributed by atoms with van der Waals surface area (Å²) in [4.78, 5) is 3.73. The van der Waals surface area contributed by atoms with E-state index in [0.717, 1.165) is 30.9 Å². The highest BCUT2D eigenvalue weighted by molar-refractivity contribution is 7.94. The topological polar surface area (TPSA) is 40.6 Å². The average Bonchev–Trinajstić information content (AvgIpc) is 3.18. The predicted molar refractivity (Wildman–Crippen MR) is 108 cm³/mol. The van der Waals surface area contributed by atoms with Crippen LogP contribution >= 0.6 is 11.3 Å². The van der Waals surface area contributed by atoms with Crippen LogP contribution in [0.1, 0.15) is 37.1 Å². The third kappa shape index (κ3) is 2.79. The molecule has 6 heteroatoms. The Labute approximate surface area is 160 Å². The monoisotopic (exact) mass is 390 g/mol. The first-order valence-corrected chi connectivity index (χ1v) is 11.6. The summed E-state index contributed by atoms with van der Waals surface area (Å²) in [6.45, 7) is 7.27. The van der Waals surface area contributed by atoms with Crippen molar-refractivity contribution in [2.75, 3.05) is 23.9 Å². The molecule has 0 aliphatic carbocycles. The molecule has 2 aliphatic heterocycles. The van der Waals surface area contributed by atoms with Crippen LogP contribution < -0.4 is 4.31 Å². The lowest BCUT2D eigenvalue weighted by molar-refractivity contribution is 0.191. The molecule has 4 nitrogen and oxygen atoms in total. The van der Waals surface area contributed by atoms with Crippen LogP contribution in [0.5, 0.6) is 0 Å². The Hall–Kier alpha value is -1.37. The first-order chi connectivity index (χ1) is 12.4. The third-order valence-electron chi connectivity index (χ3n) is 5.60. The van der Waals surface area contributed by atoms with Crippen molar-refractivity contribution >= 4 is 27.0 Å². The SMILES string of the molecule is CC(C)CN1c2ccccc2C2(CCN(Cc3cccs3)CC2)S1(=O)=O. The Kier molecular flexibility index (Phi) is 4.61. The highest BCUT2D eigenvalue weighted by Crippen LogP contribution is 2.52. The van der Waals surface area contributed by atoms with Crippen LogP contribution in [0.15, 0.2) is 41.8 Å². The molecule has 0 N–H and O–H groups in total. The molecule has 2 aliphatic rings. The zero-order valence-electron chi connectivity index (χ0n) is 15.4. The van der Waals surface area contributed by atoms with Crippen LogP contribution in [0.4, 0.5) is 5.69 Å². The fourth-order valence-corrected chi connectivity index (χ4v) is 7.54. The summed E-state index contributed by atoms with van der Waals surface area (Å²) in [5.41, 5.74) is 1.91. The number of likely N-dealkylation sites (tertiary alicyclic amines) is 1. The molecule has 1 fully saturated rings. The predicted octanol–water partition coefficient (Wildman–Crippen LogP) is 4.05. The van der Waals surface area contributed by atoms with E-state index in [4.69, 9.17) is 0 Å². The Morgan fingerprint density at radius 2 is 1.85 bits per heavy atom. The molecule has 1 aromatic carbocycles. The molecule has 0 saturated carbocycles. The van der Waals surface area contributed by atoms with E-state index in [1.165, 1.54) is 4.88 Å². The van der Waals surface area contributed by atoms with E-state index in [1.54, 1.807) is 15.6 Å². The standard InChI is InChI=1S/C20H26N2O2S2/c1-16(2)14-22-19-8-4-3-7-18(19)20(26(22,23)24)9-11-21(12-10-20)15-17-6-5-13-25-17/h3-8,13,16H,9-12,14-15H2,1-2H3. The molecule has 0 unspecified atom stereocenters. The van der Waals surface area contributed by atoms with Gasteiger partial charge in [0.2, 0.25) is 10.0 Å². The van der Waals surface area contributed by atoms with Gasteiger partial charge in [-0.2, -0.15) is 0 Å². The first kappa shape index (κ1) is 18.0. The quantitative estimate of drug-likeness (QED) is 0.791. The van der Waals surface area contributed by atoms with Gasteiger partial charge in [-0.1, -0.05) is 38.1 Å². The molecule has 4 rings (SSSR count). The van der Waals surface area contributed by atoms with Gasteiger partial charge in [0.25, 0.3) is 0 Å². The second kappa shape index (κ2) is 6.66. The minimum Gasteiger partial charge on any atom is -0.298 e. The second-order valence-electron chi connectivity index (χ2n) is 7.80. The first-order valence-electron chi connectivity index (χ1n) is 9.30. The zero-order valence-corrected chi connectivity index (χ0v) is 17.0. The fourth-order valence-electron chi connectivity index (χ4n) is 4.31. The smallest absolute Gasteiger partial charge is 0.245 e. The number of hydrogen-bond donors (Lipinski definition) is 0. The lowest BCUT2D eigenvalue weighted by atomic mass is 9.87. The average molecular weight is 391 g/mol. The van der Waals surface area contributed by atoms with E-state index in [9.17, 15) is 8.42 Å². The lowest BCUT2D eigenvalue weighted by Crippen LogP contribution is -2.48. The van der Waals surface area contributed by atoms with Crippen molar-refractivity contribution in [1.82, 2.24) is 4.90 Å². The van der Waals surface area contributed by atoms with Gasteiger partial charge in [-0.15, -0.1) is 11.3 Å². The maximum absolute atomic E-state index is 13.6. The van der Waals surface area contributed by atoms with E-state index >= 15 is 0 Å². The summed E-state index contributed by atoms with van der Waals surface area (Å²) in [5.74, 6) is 0.298. The van der Waals surface area contributed by atoms with Gasteiger partial charge in [0.15, 0.2) is 0 Å². The molecule has 0 atom stereocenters. The molecule has 3 heterocycles. The van der Waals surface area contributed by atoms with Crippen molar-refractivity contribution in [1.29, 1.82) is 0 Å². The Morgan fingerprint density at radius 3 is 2.50 bits per heavy atom. The molecular formula is C20H26N2O2S2. The van der Waals surface area contributed by atoms with Gasteiger partial charge in [-0.05, 0) is 41.8 Å². The number of sulfonamides is 1. The number of anilines is 1. The highest BCUT2D eigenvalue weighted by atomic mass is 32.2. The fraction of sp³-hybridized carbons (Fsp3) is 0.500. The Morgan fingerprint density at radius 1 is 1.12 bits per heavy atom. The molecule has 0 bridgehead atoms. The summed E-state index contributed by atoms with van der Waals surface area (Å²) in [5, 5.41) is 2.10. The Bertz CT molecular complexity index is 867. The van der Waals surface area contributed by atoms with Crippen LogP contribution in [0.25, 0.3) is 0 Å². The van der Waals surface area contributed by atoms with Gasteiger partial charge < -0.3 is 0 Å². The van der Waals surface area contributed by atoms with E-state index in [2.05, 4.69) is 36.3 Å². The van der Waals surface area contributed by atoms with Gasteiger partial charge >= 0.3 is 0 Å². The van der Waals surface area contributed by atoms with Crippen LogP contribution in [-0.4, -0.2) is 33.0 Å². The number of fused-ring (bicyclic) bond motifs is 2. The number of rotatable bonds is 4. The summed E-state index contributed by atoms with van der Waals surface area (Å²) in [7, 11) is -3.38. The molecule has 0 amide bonds. The lowest BCUT2D eigenvalue weighted by Gasteiger charge is -2.39.